The van der Waals surface area contributed by atoms with E-state index in [1.807, 2.05) is 13.8 Å². The van der Waals surface area contributed by atoms with E-state index in [1.54, 1.807) is 0 Å². The molecule has 68 valence electrons. The second-order valence-corrected chi connectivity index (χ2v) is 3.12. The van der Waals surface area contributed by atoms with Crippen LogP contribution in [0.5, 0.6) is 0 Å². The molecule has 0 bridgehead atoms. The van der Waals surface area contributed by atoms with Gasteiger partial charge in [-0.15, -0.1) is 0 Å². The van der Waals surface area contributed by atoms with Gasteiger partial charge < -0.3 is 14.2 Å². The van der Waals surface area contributed by atoms with Gasteiger partial charge in [-0.05, 0) is 13.8 Å². The van der Waals surface area contributed by atoms with Crippen LogP contribution < -0.4 is 0 Å². The average Bonchev–Trinajstić information content (AvgIpc) is 2.30. The minimum atomic E-state index is -0.884. The van der Waals surface area contributed by atoms with Crippen LogP contribution in [0.4, 0.5) is 0 Å². The zero-order valence-electron chi connectivity index (χ0n) is 7.20. The second-order valence-electron chi connectivity index (χ2n) is 3.12. The van der Waals surface area contributed by atoms with Gasteiger partial charge in [-0.25, -0.2) is 4.79 Å². The molecule has 0 amide bonds. The number of hydrogen-bond acceptors (Lipinski definition) is 4. The van der Waals surface area contributed by atoms with Crippen molar-refractivity contribution in [2.24, 2.45) is 0 Å². The molecule has 0 aromatic heterocycles. The van der Waals surface area contributed by atoms with E-state index in [1.165, 1.54) is 0 Å². The van der Waals surface area contributed by atoms with Crippen LogP contribution in [-0.2, 0) is 19.0 Å². The molecule has 0 aromatic carbocycles. The summed E-state index contributed by atoms with van der Waals surface area (Å²) in [5.41, 5.74) is -0.383. The fraction of sp³-hybridized carbons (Fsp3) is 0.625. The van der Waals surface area contributed by atoms with Gasteiger partial charge in [0.1, 0.15) is 0 Å². The summed E-state index contributed by atoms with van der Waals surface area (Å²) in [6.07, 6.45) is 1.07. The largest absolute Gasteiger partial charge is 0.407 e. The second kappa shape index (κ2) is 3.25. The van der Waals surface area contributed by atoms with E-state index < -0.39 is 12.4 Å². The third-order valence-electron chi connectivity index (χ3n) is 1.36. The number of hydrogen-bond donors (Lipinski definition) is 0. The molecule has 1 heterocycles. The van der Waals surface area contributed by atoms with Gasteiger partial charge in [-0.1, -0.05) is 6.58 Å². The first kappa shape index (κ1) is 9.22. The standard InChI is InChI=1S/C8H12O4/c1-4-6(9)11-7-10-5-8(2,3)12-7/h4,7H,1,5H2,2-3H3. The Hall–Kier alpha value is -0.870. The molecule has 0 aliphatic carbocycles. The van der Waals surface area contributed by atoms with E-state index in [-0.39, 0.29) is 5.60 Å². The lowest BCUT2D eigenvalue weighted by Gasteiger charge is -2.14. The van der Waals surface area contributed by atoms with Crippen molar-refractivity contribution < 1.29 is 19.0 Å². The molecule has 0 aromatic rings. The van der Waals surface area contributed by atoms with Crippen LogP contribution in [0.1, 0.15) is 13.8 Å². The minimum Gasteiger partial charge on any atom is -0.407 e. The van der Waals surface area contributed by atoms with Crippen molar-refractivity contribution in [3.05, 3.63) is 12.7 Å². The Balaban J connectivity index is 2.38. The average molecular weight is 172 g/mol. The van der Waals surface area contributed by atoms with Gasteiger partial charge >= 0.3 is 12.4 Å². The van der Waals surface area contributed by atoms with E-state index in [9.17, 15) is 4.79 Å². The van der Waals surface area contributed by atoms with E-state index in [0.717, 1.165) is 6.08 Å². The van der Waals surface area contributed by atoms with Gasteiger partial charge in [0.2, 0.25) is 0 Å². The fourth-order valence-corrected chi connectivity index (χ4v) is 0.798. The minimum absolute atomic E-state index is 0.383. The van der Waals surface area contributed by atoms with Crippen molar-refractivity contribution in [1.29, 1.82) is 0 Å². The molecule has 0 saturated carbocycles. The SMILES string of the molecule is C=CC(=O)OC1OCC(C)(C)O1. The van der Waals surface area contributed by atoms with Crippen LogP contribution in [0.3, 0.4) is 0 Å². The molecule has 4 heteroatoms. The summed E-state index contributed by atoms with van der Waals surface area (Å²) in [7, 11) is 0. The Morgan fingerprint density at radius 3 is 2.83 bits per heavy atom. The first-order valence-electron chi connectivity index (χ1n) is 3.66. The summed E-state index contributed by atoms with van der Waals surface area (Å²) in [6, 6.07) is 0. The number of carbonyl (C=O) groups excluding carboxylic acids is 1. The van der Waals surface area contributed by atoms with Crippen molar-refractivity contribution in [2.45, 2.75) is 25.9 Å². The molecule has 0 spiro atoms. The maximum absolute atomic E-state index is 10.7. The Bertz CT molecular complexity index is 197. The predicted octanol–water partition coefficient (Wildman–Crippen LogP) is 0.825. The molecule has 1 rings (SSSR count). The Labute approximate surface area is 71.1 Å². The molecule has 1 fully saturated rings. The number of ether oxygens (including phenoxy) is 3. The first-order chi connectivity index (χ1) is 5.53. The molecule has 1 atom stereocenters. The molecule has 1 aliphatic rings. The summed E-state index contributed by atoms with van der Waals surface area (Å²) in [4.78, 5) is 10.7. The summed E-state index contributed by atoms with van der Waals surface area (Å²) in [5.74, 6) is -0.544. The monoisotopic (exact) mass is 172 g/mol. The molecule has 0 radical (unpaired) electrons. The topological polar surface area (TPSA) is 44.8 Å². The highest BCUT2D eigenvalue weighted by atomic mass is 16.9. The van der Waals surface area contributed by atoms with Crippen LogP contribution in [0.25, 0.3) is 0 Å². The van der Waals surface area contributed by atoms with Crippen molar-refractivity contribution in [1.82, 2.24) is 0 Å². The van der Waals surface area contributed by atoms with E-state index >= 15 is 0 Å². The molecule has 1 saturated heterocycles. The maximum Gasteiger partial charge on any atom is 0.334 e. The van der Waals surface area contributed by atoms with Gasteiger partial charge in [-0.2, -0.15) is 0 Å². The highest BCUT2D eigenvalue weighted by molar-refractivity contribution is 5.81. The normalized spacial score (nSPS) is 26.7. The number of rotatable bonds is 2. The number of carbonyl (C=O) groups is 1. The number of esters is 1. The van der Waals surface area contributed by atoms with E-state index in [0.29, 0.717) is 6.61 Å². The van der Waals surface area contributed by atoms with Crippen molar-refractivity contribution in [2.75, 3.05) is 6.61 Å². The van der Waals surface area contributed by atoms with Gasteiger partial charge in [-0.3, -0.25) is 0 Å². The third kappa shape index (κ3) is 2.32. The molecular formula is C8H12O4. The Kier molecular flexibility index (Phi) is 2.49. The van der Waals surface area contributed by atoms with Crippen molar-refractivity contribution in [3.63, 3.8) is 0 Å². The molecule has 0 N–H and O–H groups in total. The van der Waals surface area contributed by atoms with E-state index in [4.69, 9.17) is 14.2 Å². The molecule has 1 unspecified atom stereocenters. The lowest BCUT2D eigenvalue weighted by Crippen LogP contribution is -2.24. The quantitative estimate of drug-likeness (QED) is 0.457. The van der Waals surface area contributed by atoms with Crippen LogP contribution in [0, 0.1) is 0 Å². The van der Waals surface area contributed by atoms with Gasteiger partial charge in [0.15, 0.2) is 0 Å². The molecule has 4 nitrogen and oxygen atoms in total. The van der Waals surface area contributed by atoms with Gasteiger partial charge in [0, 0.05) is 6.08 Å². The van der Waals surface area contributed by atoms with Crippen LogP contribution in [0.15, 0.2) is 12.7 Å². The van der Waals surface area contributed by atoms with Crippen molar-refractivity contribution in [3.8, 4) is 0 Å². The summed E-state index contributed by atoms with van der Waals surface area (Å²) < 4.78 is 14.9. The van der Waals surface area contributed by atoms with Gasteiger partial charge in [0.05, 0.1) is 12.2 Å². The van der Waals surface area contributed by atoms with Gasteiger partial charge in [0.25, 0.3) is 0 Å². The summed E-state index contributed by atoms with van der Waals surface area (Å²) in [6.45, 7) is 6.50. The highest BCUT2D eigenvalue weighted by Crippen LogP contribution is 2.22. The van der Waals surface area contributed by atoms with Crippen LogP contribution in [0.2, 0.25) is 0 Å². The van der Waals surface area contributed by atoms with Crippen LogP contribution in [-0.4, -0.2) is 24.7 Å². The molecule has 1 aliphatic heterocycles. The predicted molar refractivity (Wildman–Crippen MR) is 41.2 cm³/mol. The lowest BCUT2D eigenvalue weighted by molar-refractivity contribution is -0.235. The molecular weight excluding hydrogens is 160 g/mol. The van der Waals surface area contributed by atoms with Crippen LogP contribution >= 0.6 is 0 Å². The zero-order chi connectivity index (χ0) is 9.19. The molecule has 12 heavy (non-hydrogen) atoms. The van der Waals surface area contributed by atoms with E-state index in [2.05, 4.69) is 6.58 Å². The summed E-state index contributed by atoms with van der Waals surface area (Å²) >= 11 is 0. The Morgan fingerprint density at radius 1 is 1.75 bits per heavy atom. The summed E-state index contributed by atoms with van der Waals surface area (Å²) in [5, 5.41) is 0. The first-order valence-corrected chi connectivity index (χ1v) is 3.66. The lowest BCUT2D eigenvalue weighted by atomic mass is 10.2. The fourth-order valence-electron chi connectivity index (χ4n) is 0.798. The smallest absolute Gasteiger partial charge is 0.334 e. The highest BCUT2D eigenvalue weighted by Gasteiger charge is 2.34. The zero-order valence-corrected chi connectivity index (χ0v) is 7.20. The van der Waals surface area contributed by atoms with Crippen molar-refractivity contribution >= 4 is 5.97 Å². The Morgan fingerprint density at radius 2 is 2.42 bits per heavy atom. The maximum atomic E-state index is 10.7. The third-order valence-corrected chi connectivity index (χ3v) is 1.36.